The molecular weight excluding hydrogens is 289 g/mol. The van der Waals surface area contributed by atoms with Crippen molar-refractivity contribution >= 4 is 17.4 Å². The third-order valence-corrected chi connectivity index (χ3v) is 2.49. The molecule has 2 heterocycles. The fourth-order valence-electron chi connectivity index (χ4n) is 1.18. The van der Waals surface area contributed by atoms with Crippen LogP contribution in [-0.2, 0) is 9.53 Å². The summed E-state index contributed by atoms with van der Waals surface area (Å²) in [5, 5.41) is 0. The maximum atomic E-state index is 13.5. The summed E-state index contributed by atoms with van der Waals surface area (Å²) in [6, 6.07) is 0. The number of hydrogen-bond acceptors (Lipinski definition) is 5. The van der Waals surface area contributed by atoms with Gasteiger partial charge in [0.05, 0.1) is 19.8 Å². The number of hydrogen-bond donors (Lipinski definition) is 1. The summed E-state index contributed by atoms with van der Waals surface area (Å²) in [6.45, 7) is 1.74. The van der Waals surface area contributed by atoms with E-state index in [1.807, 2.05) is 0 Å². The second kappa shape index (κ2) is 7.11. The van der Waals surface area contributed by atoms with Crippen LogP contribution in [0.4, 0.5) is 24.7 Å². The van der Waals surface area contributed by atoms with Crippen LogP contribution >= 0.6 is 0 Å². The van der Waals surface area contributed by atoms with E-state index < -0.39 is 29.1 Å². The second-order valence-corrected chi connectivity index (χ2v) is 4.52. The number of aromatic nitrogens is 1. The number of likely N-dealkylation sites (N-methyl/N-ethyl adjacent to an activating group) is 2. The lowest BCUT2D eigenvalue weighted by Crippen LogP contribution is -2.35. The number of pyridine rings is 1. The summed E-state index contributed by atoms with van der Waals surface area (Å²) in [5.74, 6) is -5.18. The number of halogens is 3. The molecule has 21 heavy (non-hydrogen) atoms. The van der Waals surface area contributed by atoms with Gasteiger partial charge in [-0.15, -0.1) is 0 Å². The minimum absolute atomic E-state index is 0.264. The second-order valence-electron chi connectivity index (χ2n) is 4.52. The summed E-state index contributed by atoms with van der Waals surface area (Å²) in [4.78, 5) is 16.9. The first-order valence-electron chi connectivity index (χ1n) is 6.04. The molecule has 1 aliphatic heterocycles. The van der Waals surface area contributed by atoms with Crippen molar-refractivity contribution in [3.8, 4) is 0 Å². The Kier molecular flexibility index (Phi) is 5.77. The summed E-state index contributed by atoms with van der Waals surface area (Å²) < 4.78 is 44.3. The molecule has 118 valence electrons. The lowest BCUT2D eigenvalue weighted by molar-refractivity contribution is -0.127. The van der Waals surface area contributed by atoms with Crippen LogP contribution in [0.5, 0.6) is 0 Å². The fourth-order valence-corrected chi connectivity index (χ4v) is 1.18. The van der Waals surface area contributed by atoms with Crippen molar-refractivity contribution in [3.63, 3.8) is 0 Å². The molecule has 0 radical (unpaired) electrons. The number of epoxide rings is 1. The van der Waals surface area contributed by atoms with Gasteiger partial charge < -0.3 is 20.3 Å². The van der Waals surface area contributed by atoms with E-state index >= 15 is 0 Å². The monoisotopic (exact) mass is 306 g/mol. The summed E-state index contributed by atoms with van der Waals surface area (Å²) in [5.41, 5.74) is 3.97. The van der Waals surface area contributed by atoms with E-state index in [1.54, 1.807) is 0 Å². The van der Waals surface area contributed by atoms with Gasteiger partial charge in [0.15, 0.2) is 11.6 Å². The zero-order valence-electron chi connectivity index (χ0n) is 12.0. The van der Waals surface area contributed by atoms with Crippen LogP contribution < -0.4 is 10.6 Å². The van der Waals surface area contributed by atoms with Crippen molar-refractivity contribution in [2.24, 2.45) is 0 Å². The number of amides is 1. The lowest BCUT2D eigenvalue weighted by atomic mass is 10.3. The topological polar surface area (TPSA) is 75.0 Å². The number of nitrogen functional groups attached to an aromatic ring is 1. The Morgan fingerprint density at radius 3 is 2.19 bits per heavy atom. The van der Waals surface area contributed by atoms with E-state index in [9.17, 15) is 18.0 Å². The SMILES string of the molecule is C1CO1.CN(C)C(=O)CN(C)c1nc(F)c(N)c(F)c1F. The fraction of sp³-hybridized carbons (Fsp3) is 0.500. The van der Waals surface area contributed by atoms with E-state index in [-0.39, 0.29) is 12.5 Å². The van der Waals surface area contributed by atoms with Gasteiger partial charge in [-0.1, -0.05) is 0 Å². The number of nitrogens with zero attached hydrogens (tertiary/aromatic N) is 3. The number of carbonyl (C=O) groups excluding carboxylic acids is 1. The first-order chi connectivity index (χ1) is 9.75. The molecule has 1 amide bonds. The lowest BCUT2D eigenvalue weighted by Gasteiger charge is -2.20. The molecule has 9 heteroatoms. The molecule has 1 aromatic rings. The Hall–Kier alpha value is -2.03. The quantitative estimate of drug-likeness (QED) is 0.654. The third-order valence-electron chi connectivity index (χ3n) is 2.49. The van der Waals surface area contributed by atoms with Crippen LogP contribution in [0.15, 0.2) is 0 Å². The normalized spacial score (nSPS) is 12.3. The Morgan fingerprint density at radius 1 is 1.24 bits per heavy atom. The van der Waals surface area contributed by atoms with Crippen LogP contribution in [-0.4, -0.2) is 56.7 Å². The molecule has 0 aliphatic carbocycles. The molecule has 0 atom stereocenters. The molecule has 1 aromatic heterocycles. The van der Waals surface area contributed by atoms with Crippen LogP contribution in [0.25, 0.3) is 0 Å². The highest BCUT2D eigenvalue weighted by molar-refractivity contribution is 5.80. The summed E-state index contributed by atoms with van der Waals surface area (Å²) in [7, 11) is 4.30. The van der Waals surface area contributed by atoms with Crippen molar-refractivity contribution in [3.05, 3.63) is 17.6 Å². The maximum absolute atomic E-state index is 13.5. The van der Waals surface area contributed by atoms with E-state index in [1.165, 1.54) is 26.0 Å². The molecule has 2 N–H and O–H groups in total. The Bertz CT molecular complexity index is 521. The predicted octanol–water partition coefficient (Wildman–Crippen LogP) is 0.622. The minimum Gasteiger partial charge on any atom is -0.393 e. The summed E-state index contributed by atoms with van der Waals surface area (Å²) >= 11 is 0. The van der Waals surface area contributed by atoms with Crippen molar-refractivity contribution < 1.29 is 22.7 Å². The number of nitrogens with two attached hydrogens (primary N) is 1. The summed E-state index contributed by atoms with van der Waals surface area (Å²) in [6.07, 6.45) is 0. The zero-order valence-corrected chi connectivity index (χ0v) is 12.0. The van der Waals surface area contributed by atoms with Gasteiger partial charge in [0.25, 0.3) is 0 Å². The van der Waals surface area contributed by atoms with Gasteiger partial charge in [-0.3, -0.25) is 4.79 Å². The molecule has 1 fully saturated rings. The van der Waals surface area contributed by atoms with Crippen LogP contribution in [0, 0.1) is 17.6 Å². The van der Waals surface area contributed by atoms with Crippen molar-refractivity contribution in [1.82, 2.24) is 9.88 Å². The van der Waals surface area contributed by atoms with Gasteiger partial charge in [-0.25, -0.2) is 4.39 Å². The third kappa shape index (κ3) is 4.78. The van der Waals surface area contributed by atoms with E-state index in [2.05, 4.69) is 9.72 Å². The van der Waals surface area contributed by atoms with E-state index in [0.29, 0.717) is 0 Å². The molecular formula is C12H17F3N4O2. The number of anilines is 2. The van der Waals surface area contributed by atoms with Crippen molar-refractivity contribution in [2.45, 2.75) is 0 Å². The maximum Gasteiger partial charge on any atom is 0.241 e. The largest absolute Gasteiger partial charge is 0.393 e. The van der Waals surface area contributed by atoms with Gasteiger partial charge in [0, 0.05) is 21.1 Å². The predicted molar refractivity (Wildman–Crippen MR) is 71.3 cm³/mol. The zero-order chi connectivity index (χ0) is 16.2. The van der Waals surface area contributed by atoms with Gasteiger partial charge in [0.2, 0.25) is 17.7 Å². The molecule has 0 spiro atoms. The Labute approximate surface area is 120 Å². The molecule has 2 rings (SSSR count). The van der Waals surface area contributed by atoms with Crippen molar-refractivity contribution in [2.75, 3.05) is 51.5 Å². The Morgan fingerprint density at radius 2 is 1.76 bits per heavy atom. The molecule has 0 saturated carbocycles. The highest BCUT2D eigenvalue weighted by Gasteiger charge is 2.22. The average molecular weight is 306 g/mol. The first kappa shape index (κ1) is 17.0. The van der Waals surface area contributed by atoms with Gasteiger partial charge >= 0.3 is 0 Å². The highest BCUT2D eigenvalue weighted by Crippen LogP contribution is 2.24. The first-order valence-corrected chi connectivity index (χ1v) is 6.04. The van der Waals surface area contributed by atoms with E-state index in [4.69, 9.17) is 5.73 Å². The van der Waals surface area contributed by atoms with Gasteiger partial charge in [0.1, 0.15) is 5.69 Å². The Balaban J connectivity index is 0.000000647. The molecule has 1 aliphatic rings. The molecule has 6 nitrogen and oxygen atoms in total. The van der Waals surface area contributed by atoms with Crippen LogP contribution in [0.3, 0.4) is 0 Å². The molecule has 0 unspecified atom stereocenters. The minimum atomic E-state index is -1.51. The highest BCUT2D eigenvalue weighted by atomic mass is 19.2. The van der Waals surface area contributed by atoms with Gasteiger partial charge in [-0.05, 0) is 0 Å². The molecule has 0 aromatic carbocycles. The van der Waals surface area contributed by atoms with Crippen molar-refractivity contribution in [1.29, 1.82) is 0 Å². The van der Waals surface area contributed by atoms with Crippen LogP contribution in [0.2, 0.25) is 0 Å². The standard InChI is InChI=1S/C10H13F3N4O.C2H4O/c1-16(2)5(18)4-17(3)10-7(12)6(11)8(14)9(13)15-10;1-2-3-1/h4,14H2,1-3H3;1-2H2. The van der Waals surface area contributed by atoms with E-state index in [0.717, 1.165) is 18.1 Å². The van der Waals surface area contributed by atoms with Crippen LogP contribution in [0.1, 0.15) is 0 Å². The average Bonchev–Trinajstić information content (AvgIpc) is 3.28. The molecule has 1 saturated heterocycles. The number of carbonyl (C=O) groups is 1. The number of ether oxygens (including phenoxy) is 1. The molecule has 0 bridgehead atoms. The number of rotatable bonds is 3. The van der Waals surface area contributed by atoms with Gasteiger partial charge in [-0.2, -0.15) is 13.8 Å². The smallest absolute Gasteiger partial charge is 0.241 e.